The molecule has 0 aliphatic rings. The van der Waals surface area contributed by atoms with E-state index in [4.69, 9.17) is 4.74 Å². The van der Waals surface area contributed by atoms with Gasteiger partial charge in [0, 0.05) is 13.3 Å². The largest absolute Gasteiger partial charge is 0.379 e. The van der Waals surface area contributed by atoms with Gasteiger partial charge in [-0.1, -0.05) is 0 Å². The predicted octanol–water partition coefficient (Wildman–Crippen LogP) is 2.25. The van der Waals surface area contributed by atoms with Crippen molar-refractivity contribution in [2.45, 2.75) is 45.3 Å². The molecule has 1 aromatic rings. The number of aromatic nitrogens is 2. The van der Waals surface area contributed by atoms with Crippen LogP contribution >= 0.6 is 0 Å². The predicted molar refractivity (Wildman–Crippen MR) is 68.9 cm³/mol. The molecule has 1 atom stereocenters. The standard InChI is InChI=1S/C13H23N3O/c1-10-8-16-12(9-15-10)11(14-4)6-7-13(2,3)17-5/h8-9,11,14H,6-7H2,1-5H3. The van der Waals surface area contributed by atoms with Crippen molar-refractivity contribution < 1.29 is 4.74 Å². The molecule has 0 bridgehead atoms. The molecule has 0 spiro atoms. The van der Waals surface area contributed by atoms with Crippen LogP contribution in [0.3, 0.4) is 0 Å². The molecule has 0 amide bonds. The summed E-state index contributed by atoms with van der Waals surface area (Å²) in [4.78, 5) is 8.69. The molecule has 0 aromatic carbocycles. The average Bonchev–Trinajstić information content (AvgIpc) is 2.32. The van der Waals surface area contributed by atoms with E-state index in [1.54, 1.807) is 13.3 Å². The molecule has 0 aliphatic carbocycles. The van der Waals surface area contributed by atoms with Gasteiger partial charge in [0.05, 0.1) is 29.2 Å². The second-order valence-corrected chi connectivity index (χ2v) is 4.93. The van der Waals surface area contributed by atoms with E-state index < -0.39 is 0 Å². The number of rotatable bonds is 6. The molecule has 4 heteroatoms. The van der Waals surface area contributed by atoms with Gasteiger partial charge in [0.1, 0.15) is 0 Å². The topological polar surface area (TPSA) is 47.0 Å². The molecule has 1 rings (SSSR count). The van der Waals surface area contributed by atoms with Crippen molar-refractivity contribution in [1.82, 2.24) is 15.3 Å². The van der Waals surface area contributed by atoms with Gasteiger partial charge in [-0.2, -0.15) is 0 Å². The Morgan fingerprint density at radius 3 is 2.53 bits per heavy atom. The fourth-order valence-electron chi connectivity index (χ4n) is 1.62. The third-order valence-electron chi connectivity index (χ3n) is 3.09. The Kier molecular flexibility index (Phi) is 5.02. The van der Waals surface area contributed by atoms with Crippen LogP contribution in [0.4, 0.5) is 0 Å². The van der Waals surface area contributed by atoms with Crippen molar-refractivity contribution in [3.8, 4) is 0 Å². The fourth-order valence-corrected chi connectivity index (χ4v) is 1.62. The van der Waals surface area contributed by atoms with Gasteiger partial charge in [0.25, 0.3) is 0 Å². The highest BCUT2D eigenvalue weighted by atomic mass is 16.5. The van der Waals surface area contributed by atoms with Gasteiger partial charge in [-0.3, -0.25) is 9.97 Å². The van der Waals surface area contributed by atoms with Crippen LogP contribution in [0.15, 0.2) is 12.4 Å². The fraction of sp³-hybridized carbons (Fsp3) is 0.692. The van der Waals surface area contributed by atoms with Crippen LogP contribution in [-0.4, -0.2) is 29.7 Å². The maximum Gasteiger partial charge on any atom is 0.0756 e. The third kappa shape index (κ3) is 4.40. The third-order valence-corrected chi connectivity index (χ3v) is 3.09. The zero-order chi connectivity index (χ0) is 12.9. The van der Waals surface area contributed by atoms with Crippen molar-refractivity contribution in [2.75, 3.05) is 14.2 Å². The van der Waals surface area contributed by atoms with Crippen LogP contribution in [0.2, 0.25) is 0 Å². The quantitative estimate of drug-likeness (QED) is 0.824. The summed E-state index contributed by atoms with van der Waals surface area (Å²) >= 11 is 0. The molecular weight excluding hydrogens is 214 g/mol. The lowest BCUT2D eigenvalue weighted by atomic mass is 9.97. The molecule has 0 aliphatic heterocycles. The van der Waals surface area contributed by atoms with Crippen LogP contribution in [0.25, 0.3) is 0 Å². The van der Waals surface area contributed by atoms with Gasteiger partial charge in [0.2, 0.25) is 0 Å². The summed E-state index contributed by atoms with van der Waals surface area (Å²) in [6.45, 7) is 6.14. The number of hydrogen-bond acceptors (Lipinski definition) is 4. The number of aryl methyl sites for hydroxylation is 1. The minimum atomic E-state index is -0.0901. The second-order valence-electron chi connectivity index (χ2n) is 4.93. The molecule has 0 saturated heterocycles. The van der Waals surface area contributed by atoms with E-state index in [1.807, 2.05) is 20.2 Å². The van der Waals surface area contributed by atoms with E-state index in [9.17, 15) is 0 Å². The monoisotopic (exact) mass is 237 g/mol. The molecule has 4 nitrogen and oxygen atoms in total. The molecule has 0 radical (unpaired) electrons. The van der Waals surface area contributed by atoms with Crippen molar-refractivity contribution in [2.24, 2.45) is 0 Å². The molecule has 1 N–H and O–H groups in total. The van der Waals surface area contributed by atoms with E-state index in [1.165, 1.54) is 0 Å². The first-order valence-electron chi connectivity index (χ1n) is 5.99. The van der Waals surface area contributed by atoms with Gasteiger partial charge in [-0.05, 0) is 40.7 Å². The van der Waals surface area contributed by atoms with Crippen LogP contribution in [0, 0.1) is 6.92 Å². The van der Waals surface area contributed by atoms with Crippen molar-refractivity contribution in [3.63, 3.8) is 0 Å². The Hall–Kier alpha value is -1.00. The smallest absolute Gasteiger partial charge is 0.0756 e. The Labute approximate surface area is 104 Å². The number of hydrogen-bond donors (Lipinski definition) is 1. The summed E-state index contributed by atoms with van der Waals surface area (Å²) < 4.78 is 5.42. The SMILES string of the molecule is CNC(CCC(C)(C)OC)c1cnc(C)cn1. The number of nitrogens with zero attached hydrogens (tertiary/aromatic N) is 2. The molecule has 0 saturated carbocycles. The van der Waals surface area contributed by atoms with E-state index in [-0.39, 0.29) is 11.6 Å². The lowest BCUT2D eigenvalue weighted by molar-refractivity contribution is 0.0117. The molecule has 0 fully saturated rings. The van der Waals surface area contributed by atoms with Crippen LogP contribution in [0.5, 0.6) is 0 Å². The first-order chi connectivity index (χ1) is 7.98. The van der Waals surface area contributed by atoms with Crippen LogP contribution < -0.4 is 5.32 Å². The molecule has 96 valence electrons. The van der Waals surface area contributed by atoms with E-state index >= 15 is 0 Å². The van der Waals surface area contributed by atoms with E-state index in [0.29, 0.717) is 0 Å². The first-order valence-corrected chi connectivity index (χ1v) is 5.99. The lowest BCUT2D eigenvalue weighted by Gasteiger charge is -2.25. The van der Waals surface area contributed by atoms with Gasteiger partial charge in [0.15, 0.2) is 0 Å². The highest BCUT2D eigenvalue weighted by Gasteiger charge is 2.20. The maximum atomic E-state index is 5.42. The summed E-state index contributed by atoms with van der Waals surface area (Å²) in [5.74, 6) is 0. The normalized spacial score (nSPS) is 13.7. The summed E-state index contributed by atoms with van der Waals surface area (Å²) in [5, 5.41) is 3.28. The Bertz CT molecular complexity index is 335. The van der Waals surface area contributed by atoms with Crippen LogP contribution in [-0.2, 0) is 4.74 Å². The lowest BCUT2D eigenvalue weighted by Crippen LogP contribution is -2.26. The minimum Gasteiger partial charge on any atom is -0.379 e. The number of methoxy groups -OCH3 is 1. The average molecular weight is 237 g/mol. The first kappa shape index (κ1) is 14.1. The molecular formula is C13H23N3O. The zero-order valence-electron chi connectivity index (χ0n) is 11.4. The highest BCUT2D eigenvalue weighted by molar-refractivity contribution is 5.05. The van der Waals surface area contributed by atoms with Gasteiger partial charge in [-0.15, -0.1) is 0 Å². The van der Waals surface area contributed by atoms with Gasteiger partial charge < -0.3 is 10.1 Å². The van der Waals surface area contributed by atoms with Gasteiger partial charge in [-0.25, -0.2) is 0 Å². The zero-order valence-corrected chi connectivity index (χ0v) is 11.4. The van der Waals surface area contributed by atoms with Crippen molar-refractivity contribution in [1.29, 1.82) is 0 Å². The number of ether oxygens (including phenoxy) is 1. The summed E-state index contributed by atoms with van der Waals surface area (Å²) in [5.41, 5.74) is 1.85. The Morgan fingerprint density at radius 2 is 2.06 bits per heavy atom. The van der Waals surface area contributed by atoms with Crippen LogP contribution in [0.1, 0.15) is 44.1 Å². The molecule has 17 heavy (non-hydrogen) atoms. The molecule has 1 heterocycles. The maximum absolute atomic E-state index is 5.42. The minimum absolute atomic E-state index is 0.0901. The van der Waals surface area contributed by atoms with Gasteiger partial charge >= 0.3 is 0 Å². The van der Waals surface area contributed by atoms with Crippen molar-refractivity contribution >= 4 is 0 Å². The Balaban J connectivity index is 2.63. The molecule has 1 unspecified atom stereocenters. The highest BCUT2D eigenvalue weighted by Crippen LogP contribution is 2.22. The molecule has 1 aromatic heterocycles. The summed E-state index contributed by atoms with van der Waals surface area (Å²) in [6, 6.07) is 0.234. The van der Waals surface area contributed by atoms with E-state index in [2.05, 4.69) is 29.1 Å². The number of nitrogens with one attached hydrogen (secondary N) is 1. The summed E-state index contributed by atoms with van der Waals surface area (Å²) in [6.07, 6.45) is 5.61. The second kappa shape index (κ2) is 6.07. The Morgan fingerprint density at radius 1 is 1.35 bits per heavy atom. The summed E-state index contributed by atoms with van der Waals surface area (Å²) in [7, 11) is 3.70. The van der Waals surface area contributed by atoms with Crippen molar-refractivity contribution in [3.05, 3.63) is 23.8 Å². The van der Waals surface area contributed by atoms with E-state index in [0.717, 1.165) is 24.2 Å².